The Morgan fingerprint density at radius 3 is 2.53 bits per heavy atom. The van der Waals surface area contributed by atoms with Crippen LogP contribution in [-0.2, 0) is 10.0 Å². The number of hydrogen-bond acceptors (Lipinski definition) is 3. The van der Waals surface area contributed by atoms with Gasteiger partial charge in [-0.15, -0.1) is 0 Å². The molecule has 1 aromatic carbocycles. The van der Waals surface area contributed by atoms with Crippen LogP contribution in [0.4, 0.5) is 5.82 Å². The average Bonchev–Trinajstić information content (AvgIpc) is 2.64. The van der Waals surface area contributed by atoms with Gasteiger partial charge in [0.25, 0.3) is 10.0 Å². The summed E-state index contributed by atoms with van der Waals surface area (Å²) in [6, 6.07) is 4.87. The maximum absolute atomic E-state index is 12.3. The van der Waals surface area contributed by atoms with Gasteiger partial charge in [0.2, 0.25) is 0 Å². The van der Waals surface area contributed by atoms with Crippen LogP contribution in [-0.4, -0.2) is 18.6 Å². The van der Waals surface area contributed by atoms with E-state index in [1.807, 2.05) is 6.92 Å². The molecule has 2 rings (SSSR count). The normalized spacial score (nSPS) is 11.6. The first-order valence-corrected chi connectivity index (χ1v) is 7.48. The Hall–Kier alpha value is -1.53. The van der Waals surface area contributed by atoms with Crippen molar-refractivity contribution in [1.82, 2.24) is 10.2 Å². The van der Waals surface area contributed by atoms with Gasteiger partial charge in [-0.25, -0.2) is 8.42 Å². The Kier molecular flexibility index (Phi) is 3.56. The fraction of sp³-hybridized carbons (Fsp3) is 0.250. The number of aromatic nitrogens is 2. The van der Waals surface area contributed by atoms with Crippen molar-refractivity contribution in [1.29, 1.82) is 0 Å². The molecule has 102 valence electrons. The van der Waals surface area contributed by atoms with Crippen molar-refractivity contribution in [3.8, 4) is 0 Å². The summed E-state index contributed by atoms with van der Waals surface area (Å²) in [7, 11) is -3.74. The zero-order valence-electron chi connectivity index (χ0n) is 10.8. The number of anilines is 1. The molecule has 2 aromatic rings. The zero-order chi connectivity index (χ0) is 14.2. The largest absolute Gasteiger partial charge is 0.280 e. The molecule has 0 saturated carbocycles. The Morgan fingerprint density at radius 2 is 1.95 bits per heavy atom. The summed E-state index contributed by atoms with van der Waals surface area (Å²) >= 11 is 6.04. The topological polar surface area (TPSA) is 74.8 Å². The summed E-state index contributed by atoms with van der Waals surface area (Å²) in [5, 5.41) is 6.87. The molecule has 0 aliphatic heterocycles. The summed E-state index contributed by atoms with van der Waals surface area (Å²) in [6.07, 6.45) is 0. The number of H-pyrrole nitrogens is 1. The number of aryl methyl sites for hydroxylation is 2. The van der Waals surface area contributed by atoms with Gasteiger partial charge in [-0.2, -0.15) is 5.10 Å². The average molecular weight is 300 g/mol. The fourth-order valence-electron chi connectivity index (χ4n) is 1.59. The predicted octanol–water partition coefficient (Wildman–Crippen LogP) is 2.79. The van der Waals surface area contributed by atoms with Crippen LogP contribution >= 0.6 is 11.6 Å². The molecule has 0 aliphatic carbocycles. The van der Waals surface area contributed by atoms with Crippen LogP contribution in [0.25, 0.3) is 0 Å². The zero-order valence-corrected chi connectivity index (χ0v) is 12.4. The van der Waals surface area contributed by atoms with Gasteiger partial charge in [0, 0.05) is 11.3 Å². The van der Waals surface area contributed by atoms with E-state index < -0.39 is 10.0 Å². The summed E-state index contributed by atoms with van der Waals surface area (Å²) < 4.78 is 27.0. The Morgan fingerprint density at radius 1 is 1.26 bits per heavy atom. The number of rotatable bonds is 3. The van der Waals surface area contributed by atoms with Crippen LogP contribution < -0.4 is 4.72 Å². The van der Waals surface area contributed by atoms with E-state index in [0.717, 1.165) is 11.3 Å². The van der Waals surface area contributed by atoms with Gasteiger partial charge in [-0.3, -0.25) is 9.82 Å². The van der Waals surface area contributed by atoms with Gasteiger partial charge in [0.15, 0.2) is 5.82 Å². The molecule has 0 fully saturated rings. The quantitative estimate of drug-likeness (QED) is 0.915. The molecule has 0 aliphatic rings. The molecule has 19 heavy (non-hydrogen) atoms. The molecule has 5 nitrogen and oxygen atoms in total. The number of halogens is 1. The summed E-state index contributed by atoms with van der Waals surface area (Å²) in [6.45, 7) is 5.36. The first-order valence-electron chi connectivity index (χ1n) is 5.62. The fourth-order valence-corrected chi connectivity index (χ4v) is 3.24. The molecule has 2 N–H and O–H groups in total. The molecule has 0 unspecified atom stereocenters. The third-order valence-corrected chi connectivity index (χ3v) is 4.93. The van der Waals surface area contributed by atoms with Crippen LogP contribution in [0.15, 0.2) is 23.1 Å². The number of hydrogen-bond donors (Lipinski definition) is 2. The van der Waals surface area contributed by atoms with Gasteiger partial charge >= 0.3 is 0 Å². The lowest BCUT2D eigenvalue weighted by atomic mass is 10.2. The van der Waals surface area contributed by atoms with E-state index in [2.05, 4.69) is 14.9 Å². The van der Waals surface area contributed by atoms with Gasteiger partial charge in [-0.1, -0.05) is 23.7 Å². The van der Waals surface area contributed by atoms with E-state index in [1.165, 1.54) is 6.07 Å². The van der Waals surface area contributed by atoms with Crippen LogP contribution in [0.3, 0.4) is 0 Å². The standard InChI is InChI=1S/C12H14ClN3O2S/c1-7-5-4-6-10(11(7)13)19(17,18)16-12-8(2)9(3)14-15-12/h4-6H,1-3H3,(H2,14,15,16). The predicted molar refractivity (Wildman–Crippen MR) is 75.1 cm³/mol. The second-order valence-electron chi connectivity index (χ2n) is 4.31. The van der Waals surface area contributed by atoms with Crippen molar-refractivity contribution in [2.45, 2.75) is 25.7 Å². The number of nitrogens with zero attached hydrogens (tertiary/aromatic N) is 1. The first-order chi connectivity index (χ1) is 8.83. The smallest absolute Gasteiger partial charge is 0.264 e. The minimum atomic E-state index is -3.74. The molecule has 7 heteroatoms. The van der Waals surface area contributed by atoms with Crippen molar-refractivity contribution in [3.05, 3.63) is 40.0 Å². The second kappa shape index (κ2) is 4.86. The third kappa shape index (κ3) is 2.59. The molecule has 0 bridgehead atoms. The lowest BCUT2D eigenvalue weighted by Crippen LogP contribution is -2.14. The van der Waals surface area contributed by atoms with Gasteiger partial charge in [0.1, 0.15) is 4.90 Å². The number of aromatic amines is 1. The molecule has 0 amide bonds. The van der Waals surface area contributed by atoms with E-state index in [9.17, 15) is 8.42 Å². The monoisotopic (exact) mass is 299 g/mol. The Labute approximate surface area is 117 Å². The van der Waals surface area contributed by atoms with Gasteiger partial charge in [-0.05, 0) is 32.4 Å². The summed E-state index contributed by atoms with van der Waals surface area (Å²) in [5.41, 5.74) is 2.28. The van der Waals surface area contributed by atoms with Crippen LogP contribution in [0.5, 0.6) is 0 Å². The van der Waals surface area contributed by atoms with Gasteiger partial charge < -0.3 is 0 Å². The molecular weight excluding hydrogens is 286 g/mol. The number of benzene rings is 1. The molecule has 0 spiro atoms. The van der Waals surface area contributed by atoms with E-state index in [1.54, 1.807) is 26.0 Å². The lowest BCUT2D eigenvalue weighted by Gasteiger charge is -2.09. The molecule has 0 atom stereocenters. The SMILES string of the molecule is Cc1cccc(S(=O)(=O)Nc2n[nH]c(C)c2C)c1Cl. The van der Waals surface area contributed by atoms with Crippen LogP contribution in [0, 0.1) is 20.8 Å². The molecule has 1 aromatic heterocycles. The highest BCUT2D eigenvalue weighted by Gasteiger charge is 2.21. The van der Waals surface area contributed by atoms with Crippen molar-refractivity contribution in [2.75, 3.05) is 4.72 Å². The summed E-state index contributed by atoms with van der Waals surface area (Å²) in [4.78, 5) is 0.0502. The van der Waals surface area contributed by atoms with E-state index >= 15 is 0 Å². The van der Waals surface area contributed by atoms with Crippen LogP contribution in [0.2, 0.25) is 5.02 Å². The first kappa shape index (κ1) is 13.9. The van der Waals surface area contributed by atoms with E-state index in [0.29, 0.717) is 5.56 Å². The number of nitrogens with one attached hydrogen (secondary N) is 2. The van der Waals surface area contributed by atoms with Crippen LogP contribution in [0.1, 0.15) is 16.8 Å². The maximum Gasteiger partial charge on any atom is 0.264 e. The highest BCUT2D eigenvalue weighted by atomic mass is 35.5. The van der Waals surface area contributed by atoms with Gasteiger partial charge in [0.05, 0.1) is 5.02 Å². The van der Waals surface area contributed by atoms with E-state index in [-0.39, 0.29) is 15.7 Å². The van der Waals surface area contributed by atoms with Crippen molar-refractivity contribution in [3.63, 3.8) is 0 Å². The molecule has 1 heterocycles. The Balaban J connectivity index is 2.44. The molecular formula is C12H14ClN3O2S. The second-order valence-corrected chi connectivity index (χ2v) is 6.34. The summed E-state index contributed by atoms with van der Waals surface area (Å²) in [5.74, 6) is 0.287. The Bertz CT molecular complexity index is 723. The number of sulfonamides is 1. The maximum atomic E-state index is 12.3. The van der Waals surface area contributed by atoms with Crippen molar-refractivity contribution in [2.24, 2.45) is 0 Å². The van der Waals surface area contributed by atoms with E-state index in [4.69, 9.17) is 11.6 Å². The molecule has 0 radical (unpaired) electrons. The van der Waals surface area contributed by atoms with Crippen molar-refractivity contribution < 1.29 is 8.42 Å². The minimum absolute atomic E-state index is 0.0502. The molecule has 0 saturated heterocycles. The minimum Gasteiger partial charge on any atom is -0.280 e. The highest BCUT2D eigenvalue weighted by Crippen LogP contribution is 2.27. The van der Waals surface area contributed by atoms with Crippen molar-refractivity contribution >= 4 is 27.4 Å². The highest BCUT2D eigenvalue weighted by molar-refractivity contribution is 7.92. The lowest BCUT2D eigenvalue weighted by molar-refractivity contribution is 0.601. The third-order valence-electron chi connectivity index (χ3n) is 2.93.